The molecule has 2 rings (SSSR count). The largest absolute Gasteiger partial charge is 0.504 e. The molecule has 1 aliphatic rings. The molecule has 1 aromatic rings. The number of aromatic hydroxyl groups is 2. The average molecular weight is 255 g/mol. The van der Waals surface area contributed by atoms with Gasteiger partial charge in [-0.15, -0.1) is 0 Å². The Labute approximate surface area is 105 Å². The van der Waals surface area contributed by atoms with E-state index in [4.69, 9.17) is 4.74 Å². The highest BCUT2D eigenvalue weighted by molar-refractivity contribution is 5.51. The van der Waals surface area contributed by atoms with Crippen LogP contribution in [0, 0.1) is 5.82 Å². The number of ether oxygens (including phenoxy) is 1. The standard InChI is InChI=1S/C13H18FNO3/c1-18-11-7-10(16)13(17)9(12(11)14)6-8-4-2-3-5-15-8/h7-8,15-17H,2-6H2,1H3. The van der Waals surface area contributed by atoms with Crippen molar-refractivity contribution >= 4 is 0 Å². The van der Waals surface area contributed by atoms with Gasteiger partial charge in [0.15, 0.2) is 23.1 Å². The highest BCUT2D eigenvalue weighted by Gasteiger charge is 2.22. The second-order valence-corrected chi connectivity index (χ2v) is 4.59. The molecule has 0 aromatic heterocycles. The number of piperidine rings is 1. The number of phenols is 2. The molecule has 0 radical (unpaired) electrons. The number of halogens is 1. The van der Waals surface area contributed by atoms with Crippen LogP contribution in [0.2, 0.25) is 0 Å². The van der Waals surface area contributed by atoms with E-state index in [1.165, 1.54) is 7.11 Å². The molecular formula is C13H18FNO3. The topological polar surface area (TPSA) is 61.7 Å². The van der Waals surface area contributed by atoms with Crippen LogP contribution in [0.4, 0.5) is 4.39 Å². The van der Waals surface area contributed by atoms with Crippen LogP contribution in [0.3, 0.4) is 0 Å². The predicted molar refractivity (Wildman–Crippen MR) is 65.6 cm³/mol. The molecule has 1 atom stereocenters. The van der Waals surface area contributed by atoms with Crippen molar-refractivity contribution in [3.8, 4) is 17.2 Å². The van der Waals surface area contributed by atoms with Crippen LogP contribution in [0.5, 0.6) is 17.2 Å². The number of benzene rings is 1. The Hall–Kier alpha value is -1.49. The Morgan fingerprint density at radius 1 is 1.44 bits per heavy atom. The highest BCUT2D eigenvalue weighted by Crippen LogP contribution is 2.37. The predicted octanol–water partition coefficient (Wildman–Crippen LogP) is 1.93. The van der Waals surface area contributed by atoms with E-state index in [1.807, 2.05) is 0 Å². The third kappa shape index (κ3) is 2.51. The summed E-state index contributed by atoms with van der Waals surface area (Å²) >= 11 is 0. The van der Waals surface area contributed by atoms with E-state index in [-0.39, 0.29) is 28.9 Å². The average Bonchev–Trinajstić information content (AvgIpc) is 2.40. The van der Waals surface area contributed by atoms with Crippen molar-refractivity contribution in [1.82, 2.24) is 5.32 Å². The van der Waals surface area contributed by atoms with Gasteiger partial charge in [-0.3, -0.25) is 0 Å². The Kier molecular flexibility index (Phi) is 3.91. The summed E-state index contributed by atoms with van der Waals surface area (Å²) < 4.78 is 18.9. The van der Waals surface area contributed by atoms with Crippen LogP contribution in [0.15, 0.2) is 6.07 Å². The van der Waals surface area contributed by atoms with E-state index >= 15 is 0 Å². The number of hydrogen-bond donors (Lipinski definition) is 3. The molecule has 5 heteroatoms. The molecule has 1 fully saturated rings. The fraction of sp³-hybridized carbons (Fsp3) is 0.538. The Bertz CT molecular complexity index is 431. The Morgan fingerprint density at radius 2 is 2.22 bits per heavy atom. The van der Waals surface area contributed by atoms with E-state index in [9.17, 15) is 14.6 Å². The molecule has 1 aromatic carbocycles. The van der Waals surface area contributed by atoms with Crippen LogP contribution < -0.4 is 10.1 Å². The molecule has 0 bridgehead atoms. The molecule has 1 unspecified atom stereocenters. The molecular weight excluding hydrogens is 237 g/mol. The Balaban J connectivity index is 2.27. The van der Waals surface area contributed by atoms with Crippen molar-refractivity contribution < 1.29 is 19.3 Å². The van der Waals surface area contributed by atoms with Crippen molar-refractivity contribution in [2.45, 2.75) is 31.7 Å². The molecule has 1 saturated heterocycles. The summed E-state index contributed by atoms with van der Waals surface area (Å²) in [6.45, 7) is 0.906. The first kappa shape index (κ1) is 13.0. The van der Waals surface area contributed by atoms with Crippen LogP contribution in [-0.2, 0) is 6.42 Å². The third-order valence-corrected chi connectivity index (χ3v) is 3.36. The smallest absolute Gasteiger partial charge is 0.172 e. The second-order valence-electron chi connectivity index (χ2n) is 4.59. The van der Waals surface area contributed by atoms with Crippen LogP contribution in [0.1, 0.15) is 24.8 Å². The highest BCUT2D eigenvalue weighted by atomic mass is 19.1. The monoisotopic (exact) mass is 255 g/mol. The van der Waals surface area contributed by atoms with Gasteiger partial charge >= 0.3 is 0 Å². The van der Waals surface area contributed by atoms with E-state index in [0.29, 0.717) is 6.42 Å². The van der Waals surface area contributed by atoms with Gasteiger partial charge in [0.05, 0.1) is 7.11 Å². The first-order valence-corrected chi connectivity index (χ1v) is 6.14. The maximum Gasteiger partial charge on any atom is 0.172 e. The zero-order valence-electron chi connectivity index (χ0n) is 10.4. The van der Waals surface area contributed by atoms with Crippen molar-refractivity contribution in [2.24, 2.45) is 0 Å². The van der Waals surface area contributed by atoms with Gasteiger partial charge in [0.2, 0.25) is 0 Å². The molecule has 3 N–H and O–H groups in total. The number of hydrogen-bond acceptors (Lipinski definition) is 4. The lowest BCUT2D eigenvalue weighted by atomic mass is 9.96. The van der Waals surface area contributed by atoms with Crippen molar-refractivity contribution in [1.29, 1.82) is 0 Å². The minimum absolute atomic E-state index is 0.0453. The molecule has 0 aliphatic carbocycles. The molecule has 0 spiro atoms. The first-order chi connectivity index (χ1) is 8.63. The SMILES string of the molecule is COc1cc(O)c(O)c(CC2CCCCN2)c1F. The Morgan fingerprint density at radius 3 is 2.83 bits per heavy atom. The lowest BCUT2D eigenvalue weighted by Crippen LogP contribution is -2.35. The fourth-order valence-corrected chi connectivity index (χ4v) is 2.34. The number of methoxy groups -OCH3 is 1. The first-order valence-electron chi connectivity index (χ1n) is 6.14. The lowest BCUT2D eigenvalue weighted by Gasteiger charge is -2.24. The number of nitrogens with one attached hydrogen (secondary N) is 1. The van der Waals surface area contributed by atoms with Gasteiger partial charge < -0.3 is 20.3 Å². The molecule has 4 nitrogen and oxygen atoms in total. The van der Waals surface area contributed by atoms with Gasteiger partial charge in [0, 0.05) is 17.7 Å². The van der Waals surface area contributed by atoms with Gasteiger partial charge in [-0.2, -0.15) is 0 Å². The summed E-state index contributed by atoms with van der Waals surface area (Å²) in [5.74, 6) is -1.38. The summed E-state index contributed by atoms with van der Waals surface area (Å²) in [5.41, 5.74) is 0.117. The van der Waals surface area contributed by atoms with E-state index < -0.39 is 5.82 Å². The van der Waals surface area contributed by atoms with Gasteiger partial charge in [-0.25, -0.2) is 4.39 Å². The maximum absolute atomic E-state index is 14.0. The summed E-state index contributed by atoms with van der Waals surface area (Å²) in [6.07, 6.45) is 3.50. The lowest BCUT2D eigenvalue weighted by molar-refractivity contribution is 0.347. The summed E-state index contributed by atoms with van der Waals surface area (Å²) in [4.78, 5) is 0. The molecule has 0 saturated carbocycles. The van der Waals surface area contributed by atoms with Crippen molar-refractivity contribution in [2.75, 3.05) is 13.7 Å². The minimum atomic E-state index is -0.597. The molecule has 100 valence electrons. The van der Waals surface area contributed by atoms with Gasteiger partial charge in [-0.05, 0) is 25.8 Å². The summed E-state index contributed by atoms with van der Waals surface area (Å²) in [5, 5.41) is 22.6. The molecule has 1 aliphatic heterocycles. The van der Waals surface area contributed by atoms with E-state index in [1.54, 1.807) is 0 Å². The second kappa shape index (κ2) is 5.44. The number of rotatable bonds is 3. The third-order valence-electron chi connectivity index (χ3n) is 3.36. The van der Waals surface area contributed by atoms with Crippen LogP contribution in [-0.4, -0.2) is 29.9 Å². The minimum Gasteiger partial charge on any atom is -0.504 e. The molecule has 1 heterocycles. The normalized spacial score (nSPS) is 19.8. The van der Waals surface area contributed by atoms with Crippen LogP contribution in [0.25, 0.3) is 0 Å². The van der Waals surface area contributed by atoms with Crippen LogP contribution >= 0.6 is 0 Å². The summed E-state index contributed by atoms with van der Waals surface area (Å²) in [7, 11) is 1.33. The zero-order chi connectivity index (χ0) is 13.1. The van der Waals surface area contributed by atoms with E-state index in [0.717, 1.165) is 31.9 Å². The fourth-order valence-electron chi connectivity index (χ4n) is 2.34. The van der Waals surface area contributed by atoms with Gasteiger partial charge in [0.1, 0.15) is 0 Å². The molecule has 18 heavy (non-hydrogen) atoms. The summed E-state index contributed by atoms with van der Waals surface area (Å²) in [6, 6.07) is 1.22. The van der Waals surface area contributed by atoms with Gasteiger partial charge in [-0.1, -0.05) is 6.42 Å². The van der Waals surface area contributed by atoms with Crippen molar-refractivity contribution in [3.63, 3.8) is 0 Å². The molecule has 0 amide bonds. The number of phenolic OH excluding ortho intramolecular Hbond substituents is 2. The van der Waals surface area contributed by atoms with E-state index in [2.05, 4.69) is 5.32 Å². The maximum atomic E-state index is 14.0. The van der Waals surface area contributed by atoms with Crippen molar-refractivity contribution in [3.05, 3.63) is 17.4 Å². The van der Waals surface area contributed by atoms with Gasteiger partial charge in [0.25, 0.3) is 0 Å². The quantitative estimate of drug-likeness (QED) is 0.722. The zero-order valence-corrected chi connectivity index (χ0v) is 10.4.